The average Bonchev–Trinajstić information content (AvgIpc) is 2.78. The molecular weight excluding hydrogens is 316 g/mol. The van der Waals surface area contributed by atoms with E-state index in [2.05, 4.69) is 47.9 Å². The van der Waals surface area contributed by atoms with Crippen molar-refractivity contribution in [2.45, 2.75) is 45.8 Å². The zero-order chi connectivity index (χ0) is 14.9. The number of aliphatic hydroxyl groups is 1. The second kappa shape index (κ2) is 5.70. The highest BCUT2D eigenvalue weighted by molar-refractivity contribution is 9.10. The third-order valence-corrected chi connectivity index (χ3v) is 4.07. The van der Waals surface area contributed by atoms with Crippen LogP contribution >= 0.6 is 15.9 Å². The van der Waals surface area contributed by atoms with Crippen LogP contribution in [0, 0.1) is 0 Å². The van der Waals surface area contributed by atoms with Gasteiger partial charge in [-0.3, -0.25) is 4.68 Å². The van der Waals surface area contributed by atoms with E-state index < -0.39 is 6.10 Å². The number of benzene rings is 1. The highest BCUT2D eigenvalue weighted by Crippen LogP contribution is 2.35. The lowest BCUT2D eigenvalue weighted by atomic mass is 9.82. The van der Waals surface area contributed by atoms with Crippen LogP contribution in [-0.2, 0) is 12.0 Å². The van der Waals surface area contributed by atoms with Crippen LogP contribution in [0.4, 0.5) is 0 Å². The summed E-state index contributed by atoms with van der Waals surface area (Å²) >= 11 is 3.49. The molecule has 0 amide bonds. The Morgan fingerprint density at radius 2 is 1.95 bits per heavy atom. The van der Waals surface area contributed by atoms with Crippen LogP contribution in [0.15, 0.2) is 34.9 Å². The zero-order valence-electron chi connectivity index (χ0n) is 12.4. The van der Waals surface area contributed by atoms with E-state index in [9.17, 15) is 5.11 Å². The molecule has 0 radical (unpaired) electrons. The van der Waals surface area contributed by atoms with E-state index in [4.69, 9.17) is 0 Å². The highest BCUT2D eigenvalue weighted by Gasteiger charge is 2.25. The first kappa shape index (κ1) is 15.3. The van der Waals surface area contributed by atoms with Crippen LogP contribution in [0.25, 0.3) is 0 Å². The molecule has 0 aliphatic carbocycles. The first-order valence-corrected chi connectivity index (χ1v) is 7.64. The minimum absolute atomic E-state index is 0.0128. The van der Waals surface area contributed by atoms with Crippen molar-refractivity contribution in [1.29, 1.82) is 0 Å². The van der Waals surface area contributed by atoms with E-state index in [1.165, 1.54) is 0 Å². The third kappa shape index (κ3) is 2.81. The third-order valence-electron chi connectivity index (χ3n) is 3.46. The molecule has 1 aromatic heterocycles. The Bertz CT molecular complexity index is 599. The topological polar surface area (TPSA) is 38.0 Å². The molecule has 0 saturated carbocycles. The van der Waals surface area contributed by atoms with Gasteiger partial charge in [0, 0.05) is 6.54 Å². The van der Waals surface area contributed by atoms with Crippen LogP contribution in [-0.4, -0.2) is 14.9 Å². The number of hydrogen-bond acceptors (Lipinski definition) is 2. The molecule has 0 bridgehead atoms. The molecule has 4 heteroatoms. The molecule has 0 spiro atoms. The number of aromatic nitrogens is 2. The molecule has 0 aliphatic heterocycles. The van der Waals surface area contributed by atoms with Gasteiger partial charge in [0.05, 0.1) is 16.4 Å². The van der Waals surface area contributed by atoms with Gasteiger partial charge in [0.2, 0.25) is 0 Å². The van der Waals surface area contributed by atoms with Gasteiger partial charge in [-0.1, -0.05) is 45.0 Å². The summed E-state index contributed by atoms with van der Waals surface area (Å²) in [7, 11) is 0. The van der Waals surface area contributed by atoms with Gasteiger partial charge in [0.15, 0.2) is 0 Å². The lowest BCUT2D eigenvalue weighted by Crippen LogP contribution is -2.18. The maximum absolute atomic E-state index is 10.8. The maximum atomic E-state index is 10.8. The number of hydrogen-bond donors (Lipinski definition) is 1. The molecule has 2 aromatic rings. The van der Waals surface area contributed by atoms with Crippen LogP contribution in [0.1, 0.15) is 50.6 Å². The Morgan fingerprint density at radius 1 is 1.30 bits per heavy atom. The fourth-order valence-electron chi connectivity index (χ4n) is 2.46. The second-order valence-electron chi connectivity index (χ2n) is 5.93. The number of rotatable bonds is 3. The lowest BCUT2D eigenvalue weighted by Gasteiger charge is -2.25. The Hall–Kier alpha value is -1.13. The summed E-state index contributed by atoms with van der Waals surface area (Å²) in [5.41, 5.74) is 2.89. The minimum Gasteiger partial charge on any atom is -0.382 e. The SMILES string of the molecule is CCn1ncc(Br)c1C(O)c1ccccc1C(C)(C)C. The summed E-state index contributed by atoms with van der Waals surface area (Å²) in [5, 5.41) is 15.1. The van der Waals surface area contributed by atoms with Crippen molar-refractivity contribution in [3.63, 3.8) is 0 Å². The summed E-state index contributed by atoms with van der Waals surface area (Å²) in [6, 6.07) is 8.06. The molecule has 108 valence electrons. The Morgan fingerprint density at radius 3 is 2.55 bits per heavy atom. The first-order valence-electron chi connectivity index (χ1n) is 6.85. The van der Waals surface area contributed by atoms with Crippen molar-refractivity contribution in [3.05, 3.63) is 51.8 Å². The van der Waals surface area contributed by atoms with E-state index in [0.717, 1.165) is 27.8 Å². The normalized spacial score (nSPS) is 13.5. The predicted molar refractivity (Wildman–Crippen MR) is 84.8 cm³/mol. The largest absolute Gasteiger partial charge is 0.382 e. The number of aliphatic hydroxyl groups excluding tert-OH is 1. The molecule has 20 heavy (non-hydrogen) atoms. The molecule has 1 atom stereocenters. The van der Waals surface area contributed by atoms with Gasteiger partial charge in [0.1, 0.15) is 6.10 Å². The van der Waals surface area contributed by atoms with Gasteiger partial charge in [-0.25, -0.2) is 0 Å². The van der Waals surface area contributed by atoms with Crippen molar-refractivity contribution in [1.82, 2.24) is 9.78 Å². The van der Waals surface area contributed by atoms with Crippen LogP contribution in [0.2, 0.25) is 0 Å². The zero-order valence-corrected chi connectivity index (χ0v) is 14.0. The lowest BCUT2D eigenvalue weighted by molar-refractivity contribution is 0.204. The quantitative estimate of drug-likeness (QED) is 0.918. The summed E-state index contributed by atoms with van der Waals surface area (Å²) in [6.45, 7) is 9.22. The van der Waals surface area contributed by atoms with E-state index in [0.29, 0.717) is 0 Å². The minimum atomic E-state index is -0.678. The molecule has 1 heterocycles. The molecule has 0 saturated heterocycles. The fraction of sp³-hybridized carbons (Fsp3) is 0.438. The molecule has 2 rings (SSSR count). The molecule has 1 N–H and O–H groups in total. The van der Waals surface area contributed by atoms with Crippen molar-refractivity contribution in [2.24, 2.45) is 0 Å². The van der Waals surface area contributed by atoms with Gasteiger partial charge in [-0.15, -0.1) is 0 Å². The molecule has 0 aliphatic rings. The molecule has 3 nitrogen and oxygen atoms in total. The standard InChI is InChI=1S/C16H21BrN2O/c1-5-19-14(13(17)10-18-19)15(20)11-8-6-7-9-12(11)16(2,3)4/h6-10,15,20H,5H2,1-4H3. The van der Waals surface area contributed by atoms with Gasteiger partial charge in [0.25, 0.3) is 0 Å². The fourth-order valence-corrected chi connectivity index (χ4v) is 2.97. The van der Waals surface area contributed by atoms with E-state index in [-0.39, 0.29) is 5.41 Å². The van der Waals surface area contributed by atoms with Crippen LogP contribution < -0.4 is 0 Å². The van der Waals surface area contributed by atoms with Gasteiger partial charge in [-0.05, 0) is 39.4 Å². The number of aryl methyl sites for hydroxylation is 1. The second-order valence-corrected chi connectivity index (χ2v) is 6.79. The van der Waals surface area contributed by atoms with Crippen LogP contribution in [0.5, 0.6) is 0 Å². The molecule has 1 unspecified atom stereocenters. The number of nitrogens with zero attached hydrogens (tertiary/aromatic N) is 2. The van der Waals surface area contributed by atoms with Crippen molar-refractivity contribution >= 4 is 15.9 Å². The van der Waals surface area contributed by atoms with Gasteiger partial charge in [-0.2, -0.15) is 5.10 Å². The Labute approximate surface area is 128 Å². The van der Waals surface area contributed by atoms with Gasteiger partial charge < -0.3 is 5.11 Å². The summed E-state index contributed by atoms with van der Waals surface area (Å²) in [4.78, 5) is 0. The van der Waals surface area contributed by atoms with Crippen molar-refractivity contribution < 1.29 is 5.11 Å². The molecule has 1 aromatic carbocycles. The summed E-state index contributed by atoms with van der Waals surface area (Å²) in [6.07, 6.45) is 1.06. The van der Waals surface area contributed by atoms with E-state index in [1.54, 1.807) is 6.20 Å². The Kier molecular flexibility index (Phi) is 4.35. The first-order chi connectivity index (χ1) is 9.36. The van der Waals surface area contributed by atoms with Crippen molar-refractivity contribution in [3.8, 4) is 0 Å². The maximum Gasteiger partial charge on any atom is 0.122 e. The molecular formula is C16H21BrN2O. The predicted octanol–water partition coefficient (Wildman–Crippen LogP) is 4.04. The summed E-state index contributed by atoms with van der Waals surface area (Å²) in [5.74, 6) is 0. The smallest absolute Gasteiger partial charge is 0.122 e. The monoisotopic (exact) mass is 336 g/mol. The summed E-state index contributed by atoms with van der Waals surface area (Å²) < 4.78 is 2.67. The number of halogens is 1. The highest BCUT2D eigenvalue weighted by atomic mass is 79.9. The van der Waals surface area contributed by atoms with Crippen molar-refractivity contribution in [2.75, 3.05) is 0 Å². The van der Waals surface area contributed by atoms with E-state index in [1.807, 2.05) is 29.8 Å². The molecule has 0 fully saturated rings. The van der Waals surface area contributed by atoms with E-state index >= 15 is 0 Å². The average molecular weight is 337 g/mol. The van der Waals surface area contributed by atoms with Gasteiger partial charge >= 0.3 is 0 Å². The Balaban J connectivity index is 2.54. The van der Waals surface area contributed by atoms with Crippen LogP contribution in [0.3, 0.4) is 0 Å².